The molecule has 3 N–H and O–H groups in total. The minimum Gasteiger partial charge on any atom is -0.396 e. The fourth-order valence-electron chi connectivity index (χ4n) is 3.70. The van der Waals surface area contributed by atoms with Gasteiger partial charge in [-0.3, -0.25) is 9.20 Å². The molecular weight excluding hydrogens is 404 g/mol. The molecule has 0 radical (unpaired) electrons. The molecule has 1 fully saturated rings. The first-order valence-electron chi connectivity index (χ1n) is 10.7. The fourth-order valence-corrected chi connectivity index (χ4v) is 3.70. The molecule has 2 aromatic carbocycles. The number of carbonyl (C=O) groups is 1. The summed E-state index contributed by atoms with van der Waals surface area (Å²) in [5.41, 5.74) is 5.09. The van der Waals surface area contributed by atoms with Crippen molar-refractivity contribution in [2.45, 2.75) is 25.3 Å². The number of nitriles is 1. The Kier molecular flexibility index (Phi) is 5.17. The molecule has 0 spiro atoms. The van der Waals surface area contributed by atoms with Gasteiger partial charge in [-0.25, -0.2) is 9.97 Å². The summed E-state index contributed by atoms with van der Waals surface area (Å²) in [5, 5.41) is 24.7. The van der Waals surface area contributed by atoms with E-state index in [0.717, 1.165) is 29.6 Å². The summed E-state index contributed by atoms with van der Waals surface area (Å²) in [6, 6.07) is 15.3. The van der Waals surface area contributed by atoms with Crippen molar-refractivity contribution in [2.24, 2.45) is 0 Å². The largest absolute Gasteiger partial charge is 0.396 e. The number of carbonyl (C=O) groups excluding carboxylic acids is 1. The van der Waals surface area contributed by atoms with Gasteiger partial charge in [0.25, 0.3) is 5.91 Å². The Labute approximate surface area is 184 Å². The van der Waals surface area contributed by atoms with Gasteiger partial charge < -0.3 is 15.7 Å². The molecule has 8 nitrogen and oxygen atoms in total. The number of amides is 1. The summed E-state index contributed by atoms with van der Waals surface area (Å²) >= 11 is 0. The van der Waals surface area contributed by atoms with Crippen LogP contribution in [0.25, 0.3) is 27.9 Å². The number of nitrogens with one attached hydrogen (secondary N) is 2. The van der Waals surface area contributed by atoms with E-state index in [9.17, 15) is 10.1 Å². The van der Waals surface area contributed by atoms with Gasteiger partial charge >= 0.3 is 0 Å². The van der Waals surface area contributed by atoms with E-state index in [2.05, 4.69) is 26.7 Å². The van der Waals surface area contributed by atoms with E-state index in [1.807, 2.05) is 34.7 Å². The van der Waals surface area contributed by atoms with Crippen LogP contribution in [0, 0.1) is 11.3 Å². The number of anilines is 1. The Hall–Kier alpha value is -3.96. The number of benzene rings is 2. The summed E-state index contributed by atoms with van der Waals surface area (Å²) in [7, 11) is 0. The minimum atomic E-state index is -0.0498. The summed E-state index contributed by atoms with van der Waals surface area (Å²) in [6.07, 6.45) is 4.47. The zero-order valence-electron chi connectivity index (χ0n) is 17.4. The van der Waals surface area contributed by atoms with Crippen molar-refractivity contribution in [3.05, 3.63) is 59.8 Å². The SMILES string of the molecule is N#Cc1ccc2c(c1)nc(NCCCO)c1ncc(-c3ccc(C(=O)NC4CC4)cc3)n12. The second-order valence-corrected chi connectivity index (χ2v) is 7.91. The van der Waals surface area contributed by atoms with Crippen LogP contribution in [0.5, 0.6) is 0 Å². The van der Waals surface area contributed by atoms with Gasteiger partial charge in [0.15, 0.2) is 11.5 Å². The Morgan fingerprint density at radius 2 is 2.03 bits per heavy atom. The number of hydrogen-bond donors (Lipinski definition) is 3. The van der Waals surface area contributed by atoms with Gasteiger partial charge in [-0.05, 0) is 49.6 Å². The van der Waals surface area contributed by atoms with E-state index in [-0.39, 0.29) is 12.5 Å². The molecule has 5 rings (SSSR count). The number of nitrogens with zero attached hydrogens (tertiary/aromatic N) is 4. The Morgan fingerprint density at radius 3 is 2.75 bits per heavy atom. The van der Waals surface area contributed by atoms with E-state index in [0.29, 0.717) is 47.1 Å². The maximum atomic E-state index is 12.3. The van der Waals surface area contributed by atoms with Gasteiger partial charge in [-0.15, -0.1) is 0 Å². The number of aromatic nitrogens is 3. The van der Waals surface area contributed by atoms with Crippen LogP contribution < -0.4 is 10.6 Å². The average Bonchev–Trinajstić information content (AvgIpc) is 3.52. The van der Waals surface area contributed by atoms with Gasteiger partial charge in [-0.1, -0.05) is 12.1 Å². The van der Waals surface area contributed by atoms with E-state index in [1.165, 1.54) is 0 Å². The Bertz CT molecular complexity index is 1350. The highest BCUT2D eigenvalue weighted by Gasteiger charge is 2.24. The number of rotatable bonds is 7. The molecule has 1 aliphatic rings. The third kappa shape index (κ3) is 3.74. The van der Waals surface area contributed by atoms with E-state index in [1.54, 1.807) is 18.3 Å². The molecular formula is C24H22N6O2. The van der Waals surface area contributed by atoms with Crippen LogP contribution in [0.3, 0.4) is 0 Å². The minimum absolute atomic E-state index is 0.0498. The zero-order chi connectivity index (χ0) is 22.1. The first-order valence-corrected chi connectivity index (χ1v) is 10.7. The highest BCUT2D eigenvalue weighted by atomic mass is 16.3. The van der Waals surface area contributed by atoms with Crippen molar-refractivity contribution in [1.82, 2.24) is 19.7 Å². The lowest BCUT2D eigenvalue weighted by Crippen LogP contribution is -2.25. The van der Waals surface area contributed by atoms with E-state index >= 15 is 0 Å². The van der Waals surface area contributed by atoms with Gasteiger partial charge in [-0.2, -0.15) is 5.26 Å². The number of fused-ring (bicyclic) bond motifs is 3. The van der Waals surface area contributed by atoms with Crippen LogP contribution in [0.15, 0.2) is 48.7 Å². The molecule has 2 heterocycles. The summed E-state index contributed by atoms with van der Waals surface area (Å²) in [5.74, 6) is 0.541. The Balaban J connectivity index is 1.60. The molecule has 2 aromatic heterocycles. The summed E-state index contributed by atoms with van der Waals surface area (Å²) < 4.78 is 2.00. The number of aliphatic hydroxyl groups is 1. The molecule has 0 saturated heterocycles. The highest BCUT2D eigenvalue weighted by molar-refractivity contribution is 5.95. The average molecular weight is 426 g/mol. The van der Waals surface area contributed by atoms with Crippen molar-refractivity contribution in [1.29, 1.82) is 5.26 Å². The topological polar surface area (TPSA) is 115 Å². The molecule has 1 aliphatic carbocycles. The van der Waals surface area contributed by atoms with Crippen LogP contribution in [-0.4, -0.2) is 44.6 Å². The third-order valence-electron chi connectivity index (χ3n) is 5.53. The number of imidazole rings is 1. The van der Waals surface area contributed by atoms with Crippen molar-refractivity contribution >= 4 is 28.4 Å². The molecule has 0 atom stereocenters. The molecule has 0 bridgehead atoms. The smallest absolute Gasteiger partial charge is 0.251 e. The van der Waals surface area contributed by atoms with Gasteiger partial charge in [0.05, 0.1) is 34.6 Å². The summed E-state index contributed by atoms with van der Waals surface area (Å²) in [6.45, 7) is 0.630. The van der Waals surface area contributed by atoms with Crippen LogP contribution in [-0.2, 0) is 0 Å². The highest BCUT2D eigenvalue weighted by Crippen LogP contribution is 2.29. The quantitative estimate of drug-likeness (QED) is 0.391. The van der Waals surface area contributed by atoms with Crippen LogP contribution in [0.1, 0.15) is 35.2 Å². The predicted octanol–water partition coefficient (Wildman–Crippen LogP) is 3.11. The molecule has 4 aromatic rings. The van der Waals surface area contributed by atoms with E-state index < -0.39 is 0 Å². The lowest BCUT2D eigenvalue weighted by molar-refractivity contribution is 0.0951. The Morgan fingerprint density at radius 1 is 1.22 bits per heavy atom. The normalized spacial score (nSPS) is 13.2. The molecule has 8 heteroatoms. The van der Waals surface area contributed by atoms with Crippen molar-refractivity contribution in [3.8, 4) is 17.3 Å². The van der Waals surface area contributed by atoms with Gasteiger partial charge in [0.1, 0.15) is 0 Å². The monoisotopic (exact) mass is 426 g/mol. The molecule has 1 amide bonds. The first-order chi connectivity index (χ1) is 15.7. The fraction of sp³-hybridized carbons (Fsp3) is 0.250. The summed E-state index contributed by atoms with van der Waals surface area (Å²) in [4.78, 5) is 21.6. The standard InChI is InChI=1S/C24H22N6O2/c25-13-15-2-9-20-19(12-15)29-22(26-10-1-11-31)23-27-14-21(30(20)23)16-3-5-17(6-4-16)24(32)28-18-7-8-18/h2-6,9,12,14,18,31H,1,7-8,10-11H2,(H,26,29)(H,28,32). The van der Waals surface area contributed by atoms with Gasteiger partial charge in [0.2, 0.25) is 0 Å². The van der Waals surface area contributed by atoms with Crippen molar-refractivity contribution < 1.29 is 9.90 Å². The third-order valence-corrected chi connectivity index (χ3v) is 5.53. The number of hydrogen-bond acceptors (Lipinski definition) is 6. The van der Waals surface area contributed by atoms with Crippen LogP contribution in [0.4, 0.5) is 5.82 Å². The molecule has 160 valence electrons. The van der Waals surface area contributed by atoms with Gasteiger partial charge in [0, 0.05) is 30.3 Å². The predicted molar refractivity (Wildman–Crippen MR) is 121 cm³/mol. The van der Waals surface area contributed by atoms with Crippen molar-refractivity contribution in [2.75, 3.05) is 18.5 Å². The lowest BCUT2D eigenvalue weighted by Gasteiger charge is -2.12. The maximum Gasteiger partial charge on any atom is 0.251 e. The second kappa shape index (κ2) is 8.29. The molecule has 0 aliphatic heterocycles. The van der Waals surface area contributed by atoms with Crippen molar-refractivity contribution in [3.63, 3.8) is 0 Å². The van der Waals surface area contributed by atoms with E-state index in [4.69, 9.17) is 5.11 Å². The second-order valence-electron chi connectivity index (χ2n) is 7.91. The lowest BCUT2D eigenvalue weighted by atomic mass is 10.1. The maximum absolute atomic E-state index is 12.3. The molecule has 32 heavy (non-hydrogen) atoms. The molecule has 0 unspecified atom stereocenters. The number of aliphatic hydroxyl groups excluding tert-OH is 1. The first kappa shape index (κ1) is 20.0. The zero-order valence-corrected chi connectivity index (χ0v) is 17.4. The molecule has 1 saturated carbocycles. The van der Waals surface area contributed by atoms with Crippen LogP contribution >= 0.6 is 0 Å². The van der Waals surface area contributed by atoms with Crippen LogP contribution in [0.2, 0.25) is 0 Å².